The van der Waals surface area contributed by atoms with E-state index < -0.39 is 5.97 Å². The summed E-state index contributed by atoms with van der Waals surface area (Å²) in [6, 6.07) is 9.70. The Balaban J connectivity index is 2.27. The number of aromatic nitrogens is 1. The van der Waals surface area contributed by atoms with Crippen LogP contribution in [0.4, 0.5) is 5.69 Å². The number of ether oxygens (including phenoxy) is 2. The lowest BCUT2D eigenvalue weighted by molar-refractivity contribution is 0.0689. The Hall–Kier alpha value is -2.76. The van der Waals surface area contributed by atoms with Crippen LogP contribution in [0.3, 0.4) is 0 Å². The molecule has 2 rings (SSSR count). The van der Waals surface area contributed by atoms with Crippen LogP contribution >= 0.6 is 0 Å². The normalized spacial score (nSPS) is 10.1. The topological polar surface area (TPSA) is 94.7 Å². The standard InChI is InChI=1S/C14H14N2O4/c1-2-19-9-4-3-5-10(8-9)20-13-11(15)6-7-12(16-13)14(17)18/h3-8H,2,15H2,1H3,(H,17,18). The molecule has 2 aromatic rings. The van der Waals surface area contributed by atoms with Gasteiger partial charge in [-0.3, -0.25) is 0 Å². The van der Waals surface area contributed by atoms with E-state index in [4.69, 9.17) is 20.3 Å². The Morgan fingerprint density at radius 2 is 2.05 bits per heavy atom. The van der Waals surface area contributed by atoms with Gasteiger partial charge < -0.3 is 20.3 Å². The van der Waals surface area contributed by atoms with Crippen LogP contribution in [0, 0.1) is 0 Å². The third-order valence-electron chi connectivity index (χ3n) is 2.44. The van der Waals surface area contributed by atoms with Crippen LogP contribution in [0.25, 0.3) is 0 Å². The molecule has 0 amide bonds. The van der Waals surface area contributed by atoms with Crippen molar-refractivity contribution in [2.75, 3.05) is 12.3 Å². The van der Waals surface area contributed by atoms with Crippen LogP contribution < -0.4 is 15.2 Å². The largest absolute Gasteiger partial charge is 0.494 e. The fourth-order valence-electron chi connectivity index (χ4n) is 1.56. The van der Waals surface area contributed by atoms with Crippen molar-refractivity contribution in [1.82, 2.24) is 4.98 Å². The Kier molecular flexibility index (Phi) is 4.05. The van der Waals surface area contributed by atoms with E-state index in [2.05, 4.69) is 4.98 Å². The zero-order valence-corrected chi connectivity index (χ0v) is 10.9. The highest BCUT2D eigenvalue weighted by atomic mass is 16.5. The Bertz CT molecular complexity index is 628. The minimum Gasteiger partial charge on any atom is -0.494 e. The monoisotopic (exact) mass is 274 g/mol. The lowest BCUT2D eigenvalue weighted by Gasteiger charge is -2.09. The molecule has 20 heavy (non-hydrogen) atoms. The molecule has 0 aliphatic heterocycles. The zero-order chi connectivity index (χ0) is 14.5. The van der Waals surface area contributed by atoms with E-state index in [1.807, 2.05) is 6.92 Å². The number of aromatic carboxylic acids is 1. The molecule has 104 valence electrons. The minimum atomic E-state index is -1.14. The molecular formula is C14H14N2O4. The lowest BCUT2D eigenvalue weighted by Crippen LogP contribution is -2.03. The van der Waals surface area contributed by atoms with Gasteiger partial charge in [0, 0.05) is 6.07 Å². The Morgan fingerprint density at radius 1 is 1.30 bits per heavy atom. The van der Waals surface area contributed by atoms with E-state index in [1.165, 1.54) is 12.1 Å². The highest BCUT2D eigenvalue weighted by Crippen LogP contribution is 2.28. The highest BCUT2D eigenvalue weighted by molar-refractivity contribution is 5.86. The molecule has 6 heteroatoms. The van der Waals surface area contributed by atoms with Crippen molar-refractivity contribution >= 4 is 11.7 Å². The number of hydrogen-bond acceptors (Lipinski definition) is 5. The summed E-state index contributed by atoms with van der Waals surface area (Å²) in [6.07, 6.45) is 0. The van der Waals surface area contributed by atoms with Gasteiger partial charge in [-0.2, -0.15) is 0 Å². The fourth-order valence-corrected chi connectivity index (χ4v) is 1.56. The molecule has 6 nitrogen and oxygen atoms in total. The highest BCUT2D eigenvalue weighted by Gasteiger charge is 2.10. The molecule has 0 bridgehead atoms. The first-order valence-corrected chi connectivity index (χ1v) is 6.00. The summed E-state index contributed by atoms with van der Waals surface area (Å²) in [5.41, 5.74) is 5.85. The summed E-state index contributed by atoms with van der Waals surface area (Å²) in [5.74, 6) is 0.0344. The minimum absolute atomic E-state index is 0.0542. The molecule has 1 heterocycles. The van der Waals surface area contributed by atoms with Gasteiger partial charge >= 0.3 is 5.97 Å². The van der Waals surface area contributed by atoms with Gasteiger partial charge in [0.25, 0.3) is 0 Å². The third kappa shape index (κ3) is 3.17. The zero-order valence-electron chi connectivity index (χ0n) is 10.9. The number of carboxylic acids is 1. The number of carbonyl (C=O) groups is 1. The molecule has 0 aliphatic rings. The second kappa shape index (κ2) is 5.92. The average Bonchev–Trinajstić information content (AvgIpc) is 2.42. The van der Waals surface area contributed by atoms with Crippen LogP contribution in [0.15, 0.2) is 36.4 Å². The summed E-state index contributed by atoms with van der Waals surface area (Å²) in [5, 5.41) is 8.90. The van der Waals surface area contributed by atoms with E-state index >= 15 is 0 Å². The first-order chi connectivity index (χ1) is 9.60. The number of nitrogen functional groups attached to an aromatic ring is 1. The molecular weight excluding hydrogens is 260 g/mol. The molecule has 3 N–H and O–H groups in total. The predicted molar refractivity (Wildman–Crippen MR) is 73.3 cm³/mol. The summed E-state index contributed by atoms with van der Waals surface area (Å²) >= 11 is 0. The summed E-state index contributed by atoms with van der Waals surface area (Å²) in [4.78, 5) is 14.7. The number of anilines is 1. The quantitative estimate of drug-likeness (QED) is 0.870. The van der Waals surface area contributed by atoms with Crippen LogP contribution in [0.2, 0.25) is 0 Å². The van der Waals surface area contributed by atoms with Gasteiger partial charge in [-0.25, -0.2) is 9.78 Å². The maximum atomic E-state index is 10.9. The first-order valence-electron chi connectivity index (χ1n) is 6.00. The van der Waals surface area contributed by atoms with Gasteiger partial charge in [-0.1, -0.05) is 6.07 Å². The maximum absolute atomic E-state index is 10.9. The van der Waals surface area contributed by atoms with Crippen molar-refractivity contribution < 1.29 is 19.4 Å². The molecule has 0 fully saturated rings. The molecule has 1 aromatic heterocycles. The number of rotatable bonds is 5. The number of carboxylic acid groups (broad SMARTS) is 1. The van der Waals surface area contributed by atoms with E-state index in [0.29, 0.717) is 18.1 Å². The van der Waals surface area contributed by atoms with Crippen molar-refractivity contribution in [2.24, 2.45) is 0 Å². The number of nitrogens with two attached hydrogens (primary N) is 1. The van der Waals surface area contributed by atoms with Crippen LogP contribution in [0.1, 0.15) is 17.4 Å². The van der Waals surface area contributed by atoms with Crippen LogP contribution in [-0.4, -0.2) is 22.7 Å². The Labute approximate surface area is 115 Å². The number of benzene rings is 1. The summed E-state index contributed by atoms with van der Waals surface area (Å²) in [6.45, 7) is 2.42. The van der Waals surface area contributed by atoms with Gasteiger partial charge in [0.15, 0.2) is 5.69 Å². The Morgan fingerprint density at radius 3 is 2.75 bits per heavy atom. The maximum Gasteiger partial charge on any atom is 0.354 e. The molecule has 0 unspecified atom stereocenters. The van der Waals surface area contributed by atoms with Crippen LogP contribution in [0.5, 0.6) is 17.4 Å². The lowest BCUT2D eigenvalue weighted by atomic mass is 10.3. The second-order valence-electron chi connectivity index (χ2n) is 3.91. The van der Waals surface area contributed by atoms with Gasteiger partial charge in [-0.15, -0.1) is 0 Å². The summed E-state index contributed by atoms with van der Waals surface area (Å²) < 4.78 is 10.9. The molecule has 1 aromatic carbocycles. The average molecular weight is 274 g/mol. The van der Waals surface area contributed by atoms with E-state index in [1.54, 1.807) is 24.3 Å². The molecule has 0 saturated carbocycles. The van der Waals surface area contributed by atoms with E-state index in [-0.39, 0.29) is 17.3 Å². The molecule has 0 aliphatic carbocycles. The predicted octanol–water partition coefficient (Wildman–Crippen LogP) is 2.55. The van der Waals surface area contributed by atoms with Crippen LogP contribution in [-0.2, 0) is 0 Å². The van der Waals surface area contributed by atoms with E-state index in [0.717, 1.165) is 0 Å². The molecule has 0 saturated heterocycles. The third-order valence-corrected chi connectivity index (χ3v) is 2.44. The number of pyridine rings is 1. The van der Waals surface area contributed by atoms with Crippen molar-refractivity contribution in [3.05, 3.63) is 42.1 Å². The van der Waals surface area contributed by atoms with Crippen molar-refractivity contribution in [1.29, 1.82) is 0 Å². The van der Waals surface area contributed by atoms with E-state index in [9.17, 15) is 4.79 Å². The van der Waals surface area contributed by atoms with Crippen molar-refractivity contribution in [3.8, 4) is 17.4 Å². The second-order valence-corrected chi connectivity index (χ2v) is 3.91. The van der Waals surface area contributed by atoms with Gasteiger partial charge in [-0.05, 0) is 31.2 Å². The van der Waals surface area contributed by atoms with Crippen molar-refractivity contribution in [2.45, 2.75) is 6.92 Å². The molecule has 0 spiro atoms. The fraction of sp³-hybridized carbons (Fsp3) is 0.143. The number of nitrogens with zero attached hydrogens (tertiary/aromatic N) is 1. The SMILES string of the molecule is CCOc1cccc(Oc2nc(C(=O)O)ccc2N)c1. The van der Waals surface area contributed by atoms with Gasteiger partial charge in [0.05, 0.1) is 12.3 Å². The number of hydrogen-bond donors (Lipinski definition) is 2. The smallest absolute Gasteiger partial charge is 0.354 e. The summed E-state index contributed by atoms with van der Waals surface area (Å²) in [7, 11) is 0. The van der Waals surface area contributed by atoms with Gasteiger partial charge in [0.1, 0.15) is 11.5 Å². The van der Waals surface area contributed by atoms with Gasteiger partial charge in [0.2, 0.25) is 5.88 Å². The first kappa shape index (κ1) is 13.7. The van der Waals surface area contributed by atoms with Crippen molar-refractivity contribution in [3.63, 3.8) is 0 Å². The molecule has 0 atom stereocenters. The molecule has 0 radical (unpaired) electrons.